The summed E-state index contributed by atoms with van der Waals surface area (Å²) in [6.45, 7) is 2.56. The van der Waals surface area contributed by atoms with Crippen molar-refractivity contribution in [1.29, 1.82) is 0 Å². The molecule has 0 aromatic heterocycles. The molecule has 0 N–H and O–H groups in total. The Hall–Kier alpha value is -2.86. The first-order valence-electron chi connectivity index (χ1n) is 12.2. The summed E-state index contributed by atoms with van der Waals surface area (Å²) in [7, 11) is 1.26. The van der Waals surface area contributed by atoms with Gasteiger partial charge in [0.1, 0.15) is 0 Å². The molecule has 3 aromatic rings. The maximum Gasteiger partial charge on any atom is 0.201 e. The zero-order valence-electron chi connectivity index (χ0n) is 20.1. The fourth-order valence-electron chi connectivity index (χ4n) is 4.75. The Morgan fingerprint density at radius 2 is 1.40 bits per heavy atom. The first-order valence-corrected chi connectivity index (χ1v) is 12.2. The summed E-state index contributed by atoms with van der Waals surface area (Å²) in [6.07, 6.45) is 6.30. The van der Waals surface area contributed by atoms with Crippen molar-refractivity contribution in [3.8, 4) is 28.0 Å². The summed E-state index contributed by atoms with van der Waals surface area (Å²) in [5, 5.41) is 0. The molecular formula is C29H30F4O2. The summed E-state index contributed by atoms with van der Waals surface area (Å²) in [5.74, 6) is -4.22. The van der Waals surface area contributed by atoms with Crippen molar-refractivity contribution in [3.63, 3.8) is 0 Å². The second-order valence-corrected chi connectivity index (χ2v) is 9.08. The van der Waals surface area contributed by atoms with Crippen molar-refractivity contribution in [2.24, 2.45) is 0 Å². The Kier molecular flexibility index (Phi) is 8.11. The van der Waals surface area contributed by atoms with Gasteiger partial charge in [0, 0.05) is 17.0 Å². The topological polar surface area (TPSA) is 18.5 Å². The molecule has 4 rings (SSSR count). The Morgan fingerprint density at radius 1 is 0.771 bits per heavy atom. The van der Waals surface area contributed by atoms with Gasteiger partial charge in [0.05, 0.1) is 19.8 Å². The Bertz CT molecular complexity index is 1150. The molecule has 1 saturated heterocycles. The largest absolute Gasteiger partial charge is 0.494 e. The number of unbranched alkanes of at least 4 members (excludes halogenated alkanes) is 2. The van der Waals surface area contributed by atoms with Gasteiger partial charge in [-0.2, -0.15) is 4.39 Å². The molecule has 1 aliphatic heterocycles. The van der Waals surface area contributed by atoms with Crippen molar-refractivity contribution in [2.45, 2.75) is 57.5 Å². The lowest BCUT2D eigenvalue weighted by Crippen LogP contribution is -2.25. The molecule has 2 unspecified atom stereocenters. The minimum Gasteiger partial charge on any atom is -0.494 e. The molecule has 1 aliphatic rings. The summed E-state index contributed by atoms with van der Waals surface area (Å²) < 4.78 is 69.4. The monoisotopic (exact) mass is 486 g/mol. The zero-order valence-corrected chi connectivity index (χ0v) is 20.1. The average molecular weight is 487 g/mol. The van der Waals surface area contributed by atoms with Gasteiger partial charge in [0.25, 0.3) is 0 Å². The van der Waals surface area contributed by atoms with Crippen LogP contribution >= 0.6 is 0 Å². The van der Waals surface area contributed by atoms with Gasteiger partial charge in [0.2, 0.25) is 5.82 Å². The van der Waals surface area contributed by atoms with E-state index in [0.29, 0.717) is 23.3 Å². The Balaban J connectivity index is 1.50. The van der Waals surface area contributed by atoms with E-state index in [4.69, 9.17) is 9.47 Å². The fraction of sp³-hybridized carbons (Fsp3) is 0.379. The van der Waals surface area contributed by atoms with Gasteiger partial charge >= 0.3 is 0 Å². The average Bonchev–Trinajstić information content (AvgIpc) is 2.88. The Labute approximate surface area is 203 Å². The highest BCUT2D eigenvalue weighted by molar-refractivity contribution is 5.71. The van der Waals surface area contributed by atoms with Crippen LogP contribution in [-0.2, 0) is 4.74 Å². The molecule has 1 heterocycles. The van der Waals surface area contributed by atoms with Crippen molar-refractivity contribution in [2.75, 3.05) is 13.7 Å². The van der Waals surface area contributed by atoms with Crippen LogP contribution in [0.1, 0.15) is 56.9 Å². The maximum atomic E-state index is 15.1. The molecule has 6 heteroatoms. The number of rotatable bonds is 8. The van der Waals surface area contributed by atoms with E-state index in [2.05, 4.69) is 6.92 Å². The van der Waals surface area contributed by atoms with Crippen LogP contribution in [0.2, 0.25) is 0 Å². The fourth-order valence-corrected chi connectivity index (χ4v) is 4.75. The van der Waals surface area contributed by atoms with Crippen LogP contribution in [0.3, 0.4) is 0 Å². The lowest BCUT2D eigenvalue weighted by molar-refractivity contribution is -0.00277. The van der Waals surface area contributed by atoms with Gasteiger partial charge in [-0.15, -0.1) is 0 Å². The van der Waals surface area contributed by atoms with Crippen LogP contribution in [-0.4, -0.2) is 19.8 Å². The summed E-state index contributed by atoms with van der Waals surface area (Å²) >= 11 is 0. The lowest BCUT2D eigenvalue weighted by Gasteiger charge is -2.29. The first kappa shape index (κ1) is 25.2. The number of ether oxygens (including phenoxy) is 2. The van der Waals surface area contributed by atoms with E-state index in [0.717, 1.165) is 32.1 Å². The quantitative estimate of drug-likeness (QED) is 0.235. The van der Waals surface area contributed by atoms with Gasteiger partial charge in [-0.25, -0.2) is 13.2 Å². The Morgan fingerprint density at radius 3 is 1.97 bits per heavy atom. The number of halogens is 4. The third-order valence-corrected chi connectivity index (χ3v) is 6.83. The molecule has 0 spiro atoms. The van der Waals surface area contributed by atoms with Gasteiger partial charge in [0.15, 0.2) is 23.2 Å². The SMILES string of the molecule is CCCCCC1CCC(c2ccc(-c3ccc(-c4ccc(OC)c(F)c4F)cc3)c(F)c2F)CO1. The highest BCUT2D eigenvalue weighted by Gasteiger charge is 2.27. The van der Waals surface area contributed by atoms with E-state index < -0.39 is 23.3 Å². The predicted molar refractivity (Wildman–Crippen MR) is 130 cm³/mol. The maximum absolute atomic E-state index is 15.1. The molecule has 186 valence electrons. The van der Waals surface area contributed by atoms with Crippen molar-refractivity contribution < 1.29 is 27.0 Å². The minimum atomic E-state index is -1.07. The standard InChI is InChI=1S/C29H30F4O2/c1-3-4-5-6-21-12-11-20(17-35-21)24-14-13-22(26(30)27(24)31)18-7-9-19(10-8-18)23-15-16-25(34-2)29(33)28(23)32/h7-10,13-16,20-21H,3-6,11-12,17H2,1-2H3. The normalized spacial score (nSPS) is 18.0. The van der Waals surface area contributed by atoms with Crippen molar-refractivity contribution in [1.82, 2.24) is 0 Å². The van der Waals surface area contributed by atoms with E-state index in [-0.39, 0.29) is 28.9 Å². The van der Waals surface area contributed by atoms with Crippen LogP contribution < -0.4 is 4.74 Å². The van der Waals surface area contributed by atoms with E-state index in [1.807, 2.05) is 0 Å². The summed E-state index contributed by atoms with van der Waals surface area (Å²) in [6, 6.07) is 12.2. The molecule has 3 aromatic carbocycles. The molecule has 2 atom stereocenters. The number of hydrogen-bond acceptors (Lipinski definition) is 2. The zero-order chi connectivity index (χ0) is 24.9. The second-order valence-electron chi connectivity index (χ2n) is 9.08. The third kappa shape index (κ3) is 5.37. The molecule has 0 radical (unpaired) electrons. The third-order valence-electron chi connectivity index (χ3n) is 6.83. The predicted octanol–water partition coefficient (Wildman–Crippen LogP) is 8.43. The molecule has 0 bridgehead atoms. The highest BCUT2D eigenvalue weighted by Crippen LogP contribution is 2.36. The molecule has 35 heavy (non-hydrogen) atoms. The van der Waals surface area contributed by atoms with E-state index in [9.17, 15) is 8.78 Å². The summed E-state index contributed by atoms with van der Waals surface area (Å²) in [4.78, 5) is 0. The van der Waals surface area contributed by atoms with Gasteiger partial charge < -0.3 is 9.47 Å². The second kappa shape index (κ2) is 11.3. The van der Waals surface area contributed by atoms with Gasteiger partial charge in [-0.1, -0.05) is 62.6 Å². The van der Waals surface area contributed by atoms with Crippen LogP contribution in [0.4, 0.5) is 17.6 Å². The number of methoxy groups -OCH3 is 1. The van der Waals surface area contributed by atoms with Gasteiger partial charge in [-0.05, 0) is 48.1 Å². The molecule has 0 amide bonds. The first-order chi connectivity index (χ1) is 16.9. The van der Waals surface area contributed by atoms with Crippen LogP contribution in [0.15, 0.2) is 48.5 Å². The minimum absolute atomic E-state index is 0.0575. The molecule has 1 fully saturated rings. The highest BCUT2D eigenvalue weighted by atomic mass is 19.2. The van der Waals surface area contributed by atoms with E-state index >= 15 is 8.78 Å². The van der Waals surface area contributed by atoms with E-state index in [1.54, 1.807) is 36.4 Å². The van der Waals surface area contributed by atoms with Crippen LogP contribution in [0.5, 0.6) is 5.75 Å². The van der Waals surface area contributed by atoms with Gasteiger partial charge in [-0.3, -0.25) is 0 Å². The van der Waals surface area contributed by atoms with E-state index in [1.165, 1.54) is 25.7 Å². The van der Waals surface area contributed by atoms with Crippen LogP contribution in [0, 0.1) is 23.3 Å². The molecule has 0 aliphatic carbocycles. The molecule has 2 nitrogen and oxygen atoms in total. The van der Waals surface area contributed by atoms with Crippen molar-refractivity contribution >= 4 is 0 Å². The smallest absolute Gasteiger partial charge is 0.201 e. The van der Waals surface area contributed by atoms with Crippen LogP contribution in [0.25, 0.3) is 22.3 Å². The lowest BCUT2D eigenvalue weighted by atomic mass is 9.88. The molecule has 0 saturated carbocycles. The summed E-state index contributed by atoms with van der Waals surface area (Å²) in [5.41, 5.74) is 1.38. The van der Waals surface area contributed by atoms with Crippen molar-refractivity contribution in [3.05, 3.63) is 77.4 Å². The number of hydrogen-bond donors (Lipinski definition) is 0. The number of benzene rings is 3. The molecular weight excluding hydrogens is 456 g/mol.